The van der Waals surface area contributed by atoms with Crippen LogP contribution in [0.2, 0.25) is 0 Å². The number of nitrogens with two attached hydrogens (primary N) is 1. The van der Waals surface area contributed by atoms with E-state index < -0.39 is 11.2 Å². The van der Waals surface area contributed by atoms with Crippen LogP contribution < -0.4 is 22.3 Å². The van der Waals surface area contributed by atoms with Gasteiger partial charge < -0.3 is 11.1 Å². The molecule has 1 unspecified atom stereocenters. The maximum absolute atomic E-state index is 12.1. The third kappa shape index (κ3) is 3.07. The molecule has 0 fully saturated rings. The molecule has 6 heteroatoms. The maximum atomic E-state index is 12.1. The summed E-state index contributed by atoms with van der Waals surface area (Å²) in [5.41, 5.74) is 5.39. The number of nitrogens with zero attached hydrogens (tertiary/aromatic N) is 2. The highest BCUT2D eigenvalue weighted by Crippen LogP contribution is 2.13. The Kier molecular flexibility index (Phi) is 4.58. The first-order valence-corrected chi connectivity index (χ1v) is 6.28. The van der Waals surface area contributed by atoms with E-state index in [4.69, 9.17) is 5.73 Å². The van der Waals surface area contributed by atoms with E-state index in [1.165, 1.54) is 11.6 Å². The summed E-state index contributed by atoms with van der Waals surface area (Å²) in [4.78, 5) is 24.1. The number of nitrogen functional groups attached to an aromatic ring is 1. The van der Waals surface area contributed by atoms with Crippen molar-refractivity contribution in [3.05, 3.63) is 33.5 Å². The van der Waals surface area contributed by atoms with E-state index in [9.17, 15) is 9.59 Å². The molecular formula is C13H22N4O2. The molecule has 1 aromatic rings. The summed E-state index contributed by atoms with van der Waals surface area (Å²) in [6.45, 7) is 9.93. The predicted octanol–water partition coefficient (Wildman–Crippen LogP) is 0.772. The molecule has 0 radical (unpaired) electrons. The van der Waals surface area contributed by atoms with E-state index in [-0.39, 0.29) is 23.5 Å². The lowest BCUT2D eigenvalue weighted by Crippen LogP contribution is -2.42. The number of rotatable bonds is 5. The molecule has 106 valence electrons. The molecule has 0 aliphatic carbocycles. The molecule has 1 aromatic heterocycles. The molecule has 0 aliphatic heterocycles. The smallest absolute Gasteiger partial charge is 0.332 e. The number of hydrogen-bond donors (Lipinski definition) is 2. The molecular weight excluding hydrogens is 244 g/mol. The molecule has 1 rings (SSSR count). The molecule has 19 heavy (non-hydrogen) atoms. The average molecular weight is 266 g/mol. The minimum Gasteiger partial charge on any atom is -0.383 e. The lowest BCUT2D eigenvalue weighted by atomic mass is 10.2. The lowest BCUT2D eigenvalue weighted by Gasteiger charge is -2.18. The molecule has 0 saturated heterocycles. The second-order valence-electron chi connectivity index (χ2n) is 5.08. The van der Waals surface area contributed by atoms with Crippen LogP contribution in [0.3, 0.4) is 0 Å². The zero-order chi connectivity index (χ0) is 14.7. The Morgan fingerprint density at radius 1 is 1.37 bits per heavy atom. The van der Waals surface area contributed by atoms with Gasteiger partial charge in [-0.2, -0.15) is 0 Å². The first-order valence-electron chi connectivity index (χ1n) is 6.28. The number of anilines is 2. The van der Waals surface area contributed by atoms with Crippen molar-refractivity contribution >= 4 is 11.5 Å². The largest absolute Gasteiger partial charge is 0.383 e. The number of hydrogen-bond acceptors (Lipinski definition) is 4. The normalized spacial score (nSPS) is 12.5. The Balaban J connectivity index is 3.47. The zero-order valence-corrected chi connectivity index (χ0v) is 11.9. The summed E-state index contributed by atoms with van der Waals surface area (Å²) in [7, 11) is 1.45. The summed E-state index contributed by atoms with van der Waals surface area (Å²) in [5.74, 6) is 0.428. The van der Waals surface area contributed by atoms with E-state index in [2.05, 4.69) is 11.9 Å². The van der Waals surface area contributed by atoms with Crippen LogP contribution in [-0.4, -0.2) is 15.2 Å². The van der Waals surface area contributed by atoms with Crippen molar-refractivity contribution in [1.29, 1.82) is 0 Å². The van der Waals surface area contributed by atoms with Crippen LogP contribution in [0, 0.1) is 5.92 Å². The van der Waals surface area contributed by atoms with Crippen molar-refractivity contribution in [3.63, 3.8) is 0 Å². The van der Waals surface area contributed by atoms with Crippen molar-refractivity contribution < 1.29 is 0 Å². The maximum Gasteiger partial charge on any atom is 0.332 e. The first-order chi connectivity index (χ1) is 8.79. The zero-order valence-electron chi connectivity index (χ0n) is 11.9. The third-order valence-electron chi connectivity index (χ3n) is 2.86. The Labute approximate surface area is 112 Å². The molecule has 0 aromatic carbocycles. The van der Waals surface area contributed by atoms with Crippen LogP contribution in [0.4, 0.5) is 11.5 Å². The van der Waals surface area contributed by atoms with Gasteiger partial charge in [0.05, 0.1) is 0 Å². The molecule has 0 amide bonds. The summed E-state index contributed by atoms with van der Waals surface area (Å²) in [6.07, 6.45) is 1.66. The standard InChI is InChI=1S/C13H22N4O2/c1-6-9(4)15-10-11(14)17(7-8(2)3)13(19)16(5)12(10)18/h6,8-9,15H,1,7,14H2,2-5H3. The van der Waals surface area contributed by atoms with E-state index in [1.807, 2.05) is 20.8 Å². The second-order valence-corrected chi connectivity index (χ2v) is 5.08. The van der Waals surface area contributed by atoms with E-state index in [0.717, 1.165) is 4.57 Å². The molecule has 3 N–H and O–H groups in total. The van der Waals surface area contributed by atoms with E-state index in [1.54, 1.807) is 6.08 Å². The summed E-state index contributed by atoms with van der Waals surface area (Å²) in [6, 6.07) is -0.111. The lowest BCUT2D eigenvalue weighted by molar-refractivity contribution is 0.494. The van der Waals surface area contributed by atoms with Crippen molar-refractivity contribution in [2.24, 2.45) is 13.0 Å². The molecule has 1 heterocycles. The van der Waals surface area contributed by atoms with Crippen LogP contribution >= 0.6 is 0 Å². The Bertz CT molecular complexity index is 584. The third-order valence-corrected chi connectivity index (χ3v) is 2.86. The van der Waals surface area contributed by atoms with Gasteiger partial charge in [0.25, 0.3) is 5.56 Å². The molecule has 0 aliphatic rings. The highest BCUT2D eigenvalue weighted by molar-refractivity contribution is 5.61. The minimum absolute atomic E-state index is 0.111. The van der Waals surface area contributed by atoms with Crippen LogP contribution in [0.1, 0.15) is 20.8 Å². The van der Waals surface area contributed by atoms with E-state index in [0.29, 0.717) is 6.54 Å². The predicted molar refractivity (Wildman–Crippen MR) is 78.5 cm³/mol. The second kappa shape index (κ2) is 5.77. The Hall–Kier alpha value is -1.98. The highest BCUT2D eigenvalue weighted by Gasteiger charge is 2.16. The van der Waals surface area contributed by atoms with Crippen molar-refractivity contribution in [1.82, 2.24) is 9.13 Å². The van der Waals surface area contributed by atoms with Gasteiger partial charge in [-0.3, -0.25) is 13.9 Å². The molecule has 1 atom stereocenters. The monoisotopic (exact) mass is 266 g/mol. The summed E-state index contributed by atoms with van der Waals surface area (Å²) in [5, 5.41) is 2.97. The fourth-order valence-electron chi connectivity index (χ4n) is 1.75. The SMILES string of the molecule is C=CC(C)Nc1c(N)n(CC(C)C)c(=O)n(C)c1=O. The van der Waals surface area contributed by atoms with Gasteiger partial charge in [0.15, 0.2) is 0 Å². The number of nitrogens with one attached hydrogen (secondary N) is 1. The highest BCUT2D eigenvalue weighted by atomic mass is 16.2. The number of aromatic nitrogens is 2. The molecule has 0 saturated carbocycles. The van der Waals surface area contributed by atoms with E-state index >= 15 is 0 Å². The summed E-state index contributed by atoms with van der Waals surface area (Å²) >= 11 is 0. The fraction of sp³-hybridized carbons (Fsp3) is 0.538. The van der Waals surface area contributed by atoms with Crippen LogP contribution in [0.25, 0.3) is 0 Å². The minimum atomic E-state index is -0.420. The van der Waals surface area contributed by atoms with Gasteiger partial charge in [0, 0.05) is 19.6 Å². The van der Waals surface area contributed by atoms with Gasteiger partial charge in [-0.1, -0.05) is 19.9 Å². The average Bonchev–Trinajstić information content (AvgIpc) is 2.36. The van der Waals surface area contributed by atoms with Gasteiger partial charge in [0.1, 0.15) is 11.5 Å². The summed E-state index contributed by atoms with van der Waals surface area (Å²) < 4.78 is 2.49. The van der Waals surface area contributed by atoms with Crippen molar-refractivity contribution in [2.75, 3.05) is 11.1 Å². The van der Waals surface area contributed by atoms with Crippen molar-refractivity contribution in [2.45, 2.75) is 33.4 Å². The van der Waals surface area contributed by atoms with Crippen LogP contribution in [0.15, 0.2) is 22.2 Å². The van der Waals surface area contributed by atoms with Gasteiger partial charge in [-0.15, -0.1) is 6.58 Å². The van der Waals surface area contributed by atoms with Gasteiger partial charge in [-0.05, 0) is 12.8 Å². The van der Waals surface area contributed by atoms with Crippen LogP contribution in [-0.2, 0) is 13.6 Å². The van der Waals surface area contributed by atoms with Gasteiger partial charge in [-0.25, -0.2) is 4.79 Å². The fourth-order valence-corrected chi connectivity index (χ4v) is 1.75. The quantitative estimate of drug-likeness (QED) is 0.771. The first kappa shape index (κ1) is 15.1. The Morgan fingerprint density at radius 2 is 1.95 bits per heavy atom. The van der Waals surface area contributed by atoms with Crippen molar-refractivity contribution in [3.8, 4) is 0 Å². The topological polar surface area (TPSA) is 82.0 Å². The molecule has 0 bridgehead atoms. The molecule has 0 spiro atoms. The molecule has 6 nitrogen and oxygen atoms in total. The Morgan fingerprint density at radius 3 is 2.42 bits per heavy atom. The van der Waals surface area contributed by atoms with Crippen LogP contribution in [0.5, 0.6) is 0 Å². The van der Waals surface area contributed by atoms with Gasteiger partial charge >= 0.3 is 5.69 Å². The van der Waals surface area contributed by atoms with Gasteiger partial charge in [0.2, 0.25) is 0 Å².